The van der Waals surface area contributed by atoms with Crippen LogP contribution in [0.2, 0.25) is 0 Å². The molecular formula is C11H19N3O. The number of imidazole rings is 1. The maximum absolute atomic E-state index is 9.82. The number of hydrogen-bond donors (Lipinski definition) is 3. The molecule has 0 radical (unpaired) electrons. The van der Waals surface area contributed by atoms with Crippen LogP contribution < -0.4 is 5.32 Å². The lowest BCUT2D eigenvalue weighted by Gasteiger charge is -2.30. The molecule has 0 aliphatic heterocycles. The summed E-state index contributed by atoms with van der Waals surface area (Å²) >= 11 is 0. The normalized spacial score (nSPS) is 28.9. The Labute approximate surface area is 90.1 Å². The van der Waals surface area contributed by atoms with E-state index in [9.17, 15) is 5.11 Å². The number of H-pyrrole nitrogens is 1. The lowest BCUT2D eigenvalue weighted by Crippen LogP contribution is -2.43. The Morgan fingerprint density at radius 2 is 2.33 bits per heavy atom. The third kappa shape index (κ3) is 2.58. The number of aliphatic hydroxyl groups excluding tert-OH is 1. The molecule has 0 bridgehead atoms. The van der Waals surface area contributed by atoms with Gasteiger partial charge in [0.1, 0.15) is 5.82 Å². The zero-order valence-electron chi connectivity index (χ0n) is 9.11. The fraction of sp³-hybridized carbons (Fsp3) is 0.727. The molecule has 4 nitrogen and oxygen atoms in total. The first-order valence-electron chi connectivity index (χ1n) is 5.71. The van der Waals surface area contributed by atoms with Crippen molar-refractivity contribution in [3.8, 4) is 0 Å². The van der Waals surface area contributed by atoms with Crippen molar-refractivity contribution in [3.63, 3.8) is 0 Å². The molecule has 1 aromatic rings. The van der Waals surface area contributed by atoms with Crippen LogP contribution in [0.5, 0.6) is 0 Å². The topological polar surface area (TPSA) is 60.9 Å². The SMILES string of the molecule is CC(N[C@@H]1CCCC[C@H]1O)c1ncc[nH]1. The Bertz CT molecular complexity index is 286. The van der Waals surface area contributed by atoms with Crippen molar-refractivity contribution in [2.24, 2.45) is 0 Å². The maximum Gasteiger partial charge on any atom is 0.122 e. The van der Waals surface area contributed by atoms with Crippen molar-refractivity contribution in [1.29, 1.82) is 0 Å². The average Bonchev–Trinajstić information content (AvgIpc) is 2.74. The second kappa shape index (κ2) is 4.77. The molecule has 0 amide bonds. The molecule has 84 valence electrons. The molecular weight excluding hydrogens is 190 g/mol. The first kappa shape index (κ1) is 10.6. The predicted octanol–water partition coefficient (Wildman–Crippen LogP) is 1.36. The van der Waals surface area contributed by atoms with Gasteiger partial charge < -0.3 is 15.4 Å². The Balaban J connectivity index is 1.90. The van der Waals surface area contributed by atoms with Crippen LogP contribution >= 0.6 is 0 Å². The summed E-state index contributed by atoms with van der Waals surface area (Å²) in [5, 5.41) is 13.2. The number of hydrogen-bond acceptors (Lipinski definition) is 3. The first-order valence-corrected chi connectivity index (χ1v) is 5.71. The summed E-state index contributed by atoms with van der Waals surface area (Å²) in [4.78, 5) is 7.29. The van der Waals surface area contributed by atoms with E-state index in [1.54, 1.807) is 6.20 Å². The molecule has 4 heteroatoms. The third-order valence-electron chi connectivity index (χ3n) is 3.12. The van der Waals surface area contributed by atoms with Gasteiger partial charge in [0.15, 0.2) is 0 Å². The average molecular weight is 209 g/mol. The van der Waals surface area contributed by atoms with Crippen LogP contribution in [0.4, 0.5) is 0 Å². The molecule has 3 atom stereocenters. The first-order chi connectivity index (χ1) is 7.27. The minimum absolute atomic E-state index is 0.178. The van der Waals surface area contributed by atoms with E-state index >= 15 is 0 Å². The van der Waals surface area contributed by atoms with Crippen molar-refractivity contribution in [2.45, 2.75) is 50.8 Å². The second-order valence-electron chi connectivity index (χ2n) is 4.32. The van der Waals surface area contributed by atoms with Crippen LogP contribution in [0.1, 0.15) is 44.5 Å². The van der Waals surface area contributed by atoms with E-state index < -0.39 is 0 Å². The quantitative estimate of drug-likeness (QED) is 0.704. The fourth-order valence-corrected chi connectivity index (χ4v) is 2.22. The molecule has 1 fully saturated rings. The zero-order chi connectivity index (χ0) is 10.7. The van der Waals surface area contributed by atoms with Gasteiger partial charge in [0.2, 0.25) is 0 Å². The van der Waals surface area contributed by atoms with Crippen molar-refractivity contribution in [1.82, 2.24) is 15.3 Å². The third-order valence-corrected chi connectivity index (χ3v) is 3.12. The van der Waals surface area contributed by atoms with Gasteiger partial charge in [0.25, 0.3) is 0 Å². The molecule has 1 aromatic heterocycles. The van der Waals surface area contributed by atoms with E-state index in [1.807, 2.05) is 6.20 Å². The standard InChI is InChI=1S/C11H19N3O/c1-8(11-12-6-7-13-11)14-9-4-2-3-5-10(9)15/h6-10,14-15H,2-5H2,1H3,(H,12,13)/t8?,9-,10-/m1/s1. The molecule has 1 aliphatic carbocycles. The van der Waals surface area contributed by atoms with E-state index in [0.29, 0.717) is 0 Å². The predicted molar refractivity (Wildman–Crippen MR) is 58.4 cm³/mol. The maximum atomic E-state index is 9.82. The number of nitrogens with one attached hydrogen (secondary N) is 2. The molecule has 1 aliphatic rings. The summed E-state index contributed by atoms with van der Waals surface area (Å²) in [5.41, 5.74) is 0. The van der Waals surface area contributed by atoms with E-state index in [4.69, 9.17) is 0 Å². The summed E-state index contributed by atoms with van der Waals surface area (Å²) in [7, 11) is 0. The highest BCUT2D eigenvalue weighted by atomic mass is 16.3. The number of aromatic amines is 1. The fourth-order valence-electron chi connectivity index (χ4n) is 2.22. The Morgan fingerprint density at radius 3 is 3.00 bits per heavy atom. The Morgan fingerprint density at radius 1 is 1.53 bits per heavy atom. The smallest absolute Gasteiger partial charge is 0.122 e. The largest absolute Gasteiger partial charge is 0.392 e. The van der Waals surface area contributed by atoms with Gasteiger partial charge in [0, 0.05) is 18.4 Å². The van der Waals surface area contributed by atoms with Crippen LogP contribution in [0.15, 0.2) is 12.4 Å². The van der Waals surface area contributed by atoms with Gasteiger partial charge in [-0.1, -0.05) is 12.8 Å². The van der Waals surface area contributed by atoms with Crippen molar-refractivity contribution < 1.29 is 5.11 Å². The Hall–Kier alpha value is -0.870. The van der Waals surface area contributed by atoms with Gasteiger partial charge >= 0.3 is 0 Å². The monoisotopic (exact) mass is 209 g/mol. The summed E-state index contributed by atoms with van der Waals surface area (Å²) in [6.07, 6.45) is 7.72. The molecule has 3 N–H and O–H groups in total. The number of rotatable bonds is 3. The molecule has 0 saturated heterocycles. The number of aliphatic hydroxyl groups is 1. The second-order valence-corrected chi connectivity index (χ2v) is 4.32. The highest BCUT2D eigenvalue weighted by molar-refractivity contribution is 4.95. The Kier molecular flexibility index (Phi) is 3.38. The minimum atomic E-state index is -0.198. The van der Waals surface area contributed by atoms with E-state index in [2.05, 4.69) is 22.2 Å². The molecule has 1 unspecified atom stereocenters. The molecule has 15 heavy (non-hydrogen) atoms. The summed E-state index contributed by atoms with van der Waals surface area (Å²) in [6.45, 7) is 2.07. The van der Waals surface area contributed by atoms with Crippen molar-refractivity contribution in [3.05, 3.63) is 18.2 Å². The van der Waals surface area contributed by atoms with Gasteiger partial charge in [-0.15, -0.1) is 0 Å². The van der Waals surface area contributed by atoms with Gasteiger partial charge in [-0.05, 0) is 19.8 Å². The van der Waals surface area contributed by atoms with Crippen LogP contribution in [0.25, 0.3) is 0 Å². The summed E-state index contributed by atoms with van der Waals surface area (Å²) < 4.78 is 0. The van der Waals surface area contributed by atoms with Gasteiger partial charge in [-0.2, -0.15) is 0 Å². The van der Waals surface area contributed by atoms with Gasteiger partial charge in [-0.3, -0.25) is 0 Å². The van der Waals surface area contributed by atoms with Crippen LogP contribution in [-0.2, 0) is 0 Å². The highest BCUT2D eigenvalue weighted by Crippen LogP contribution is 2.20. The molecule has 0 aromatic carbocycles. The van der Waals surface area contributed by atoms with Gasteiger partial charge in [-0.25, -0.2) is 4.98 Å². The van der Waals surface area contributed by atoms with E-state index in [1.165, 1.54) is 6.42 Å². The summed E-state index contributed by atoms with van der Waals surface area (Å²) in [6, 6.07) is 0.400. The van der Waals surface area contributed by atoms with Crippen LogP contribution in [0.3, 0.4) is 0 Å². The van der Waals surface area contributed by atoms with Crippen LogP contribution in [-0.4, -0.2) is 27.2 Å². The van der Waals surface area contributed by atoms with Gasteiger partial charge in [0.05, 0.1) is 12.1 Å². The van der Waals surface area contributed by atoms with Crippen LogP contribution in [0, 0.1) is 0 Å². The molecule has 1 saturated carbocycles. The summed E-state index contributed by atoms with van der Waals surface area (Å²) in [5.74, 6) is 0.938. The van der Waals surface area contributed by atoms with Crippen molar-refractivity contribution >= 4 is 0 Å². The van der Waals surface area contributed by atoms with Crippen molar-refractivity contribution in [2.75, 3.05) is 0 Å². The molecule has 1 heterocycles. The van der Waals surface area contributed by atoms with E-state index in [0.717, 1.165) is 25.1 Å². The zero-order valence-corrected chi connectivity index (χ0v) is 9.11. The number of aromatic nitrogens is 2. The molecule has 2 rings (SSSR count). The van der Waals surface area contributed by atoms with E-state index in [-0.39, 0.29) is 18.2 Å². The molecule has 0 spiro atoms. The minimum Gasteiger partial charge on any atom is -0.392 e. The lowest BCUT2D eigenvalue weighted by atomic mass is 9.92. The highest BCUT2D eigenvalue weighted by Gasteiger charge is 2.24. The lowest BCUT2D eigenvalue weighted by molar-refractivity contribution is 0.0855. The number of nitrogens with zero attached hydrogens (tertiary/aromatic N) is 1.